The van der Waals surface area contributed by atoms with Gasteiger partial charge in [0.25, 0.3) is 0 Å². The van der Waals surface area contributed by atoms with Crippen molar-refractivity contribution < 1.29 is 23.9 Å². The normalized spacial score (nSPS) is 24.2. The molecule has 7 nitrogen and oxygen atoms in total. The average molecular weight is 332 g/mol. The Kier molecular flexibility index (Phi) is 4.29. The Labute approximate surface area is 139 Å². The zero-order valence-electron chi connectivity index (χ0n) is 14.1. The fourth-order valence-electron chi connectivity index (χ4n) is 3.36. The highest BCUT2D eigenvalue weighted by atomic mass is 16.7. The van der Waals surface area contributed by atoms with Crippen molar-refractivity contribution in [1.29, 1.82) is 0 Å². The van der Waals surface area contributed by atoms with Crippen molar-refractivity contribution in [3.05, 3.63) is 36.0 Å². The molecular formula is C17H20N2O5. The molecule has 24 heavy (non-hydrogen) atoms. The number of fused-ring (bicyclic) bond motifs is 1. The number of carbonyl (C=O) groups excluding carboxylic acids is 2. The Hall–Kier alpha value is -2.38. The van der Waals surface area contributed by atoms with Gasteiger partial charge in [-0.2, -0.15) is 5.06 Å². The molecule has 3 atom stereocenters. The number of benzene rings is 1. The summed E-state index contributed by atoms with van der Waals surface area (Å²) in [5.41, 5.74) is 1.89. The minimum atomic E-state index is -1.03. The number of hydroxylamine groups is 2. The van der Waals surface area contributed by atoms with E-state index < -0.39 is 30.0 Å². The van der Waals surface area contributed by atoms with Gasteiger partial charge in [0, 0.05) is 25.3 Å². The Balaban J connectivity index is 2.10. The van der Waals surface area contributed by atoms with E-state index in [9.17, 15) is 9.59 Å². The van der Waals surface area contributed by atoms with Gasteiger partial charge in [0.15, 0.2) is 6.10 Å². The molecule has 2 heterocycles. The van der Waals surface area contributed by atoms with E-state index in [0.717, 1.165) is 16.6 Å². The summed E-state index contributed by atoms with van der Waals surface area (Å²) in [6.07, 6.45) is -1.03. The first-order valence-corrected chi connectivity index (χ1v) is 7.59. The lowest BCUT2D eigenvalue weighted by molar-refractivity contribution is -0.182. The second kappa shape index (κ2) is 6.26. The number of para-hydroxylation sites is 1. The molecule has 0 unspecified atom stereocenters. The zero-order valence-corrected chi connectivity index (χ0v) is 14.1. The SMILES string of the molecule is COC(=O)[C@H]1[C@H](C(=O)OC)ON(C)[C@H]1c1cc2ccccc2n1C. The Bertz CT molecular complexity index is 784. The lowest BCUT2D eigenvalue weighted by atomic mass is 9.92. The molecular weight excluding hydrogens is 312 g/mol. The first-order valence-electron chi connectivity index (χ1n) is 7.59. The maximum absolute atomic E-state index is 12.4. The number of carbonyl (C=O) groups is 2. The van der Waals surface area contributed by atoms with Crippen LogP contribution >= 0.6 is 0 Å². The van der Waals surface area contributed by atoms with E-state index in [-0.39, 0.29) is 0 Å². The van der Waals surface area contributed by atoms with Crippen LogP contribution in [0, 0.1) is 5.92 Å². The second-order valence-electron chi connectivity index (χ2n) is 5.78. The summed E-state index contributed by atoms with van der Waals surface area (Å²) in [4.78, 5) is 30.0. The summed E-state index contributed by atoms with van der Waals surface area (Å²) in [7, 11) is 6.18. The van der Waals surface area contributed by atoms with Gasteiger partial charge in [-0.3, -0.25) is 9.63 Å². The van der Waals surface area contributed by atoms with Gasteiger partial charge in [0.1, 0.15) is 5.92 Å². The Morgan fingerprint density at radius 2 is 1.75 bits per heavy atom. The van der Waals surface area contributed by atoms with Gasteiger partial charge in [-0.25, -0.2) is 4.79 Å². The molecule has 0 radical (unpaired) electrons. The Morgan fingerprint density at radius 1 is 1.08 bits per heavy atom. The topological polar surface area (TPSA) is 70.0 Å². The van der Waals surface area contributed by atoms with E-state index in [4.69, 9.17) is 14.3 Å². The number of nitrogens with zero attached hydrogens (tertiary/aromatic N) is 2. The summed E-state index contributed by atoms with van der Waals surface area (Å²) in [6, 6.07) is 9.44. The standard InChI is InChI=1S/C17H20N2O5/c1-18-11-8-6-5-7-10(11)9-12(18)14-13(16(20)22-3)15(17(21)23-4)24-19(14)2/h5-9,13-15H,1-4H3/t13-,14+,15-/m1/s1. The molecule has 3 rings (SSSR count). The molecule has 2 aromatic rings. The predicted molar refractivity (Wildman–Crippen MR) is 85.8 cm³/mol. The molecule has 0 saturated carbocycles. The van der Waals surface area contributed by atoms with Gasteiger partial charge in [-0.05, 0) is 17.5 Å². The largest absolute Gasteiger partial charge is 0.469 e. The van der Waals surface area contributed by atoms with Crippen LogP contribution in [0.4, 0.5) is 0 Å². The van der Waals surface area contributed by atoms with Crippen molar-refractivity contribution in [2.45, 2.75) is 12.1 Å². The van der Waals surface area contributed by atoms with E-state index >= 15 is 0 Å². The maximum Gasteiger partial charge on any atom is 0.338 e. The van der Waals surface area contributed by atoms with Crippen LogP contribution in [-0.2, 0) is 30.9 Å². The van der Waals surface area contributed by atoms with Crippen molar-refractivity contribution in [3.8, 4) is 0 Å². The van der Waals surface area contributed by atoms with Crippen molar-refractivity contribution in [3.63, 3.8) is 0 Å². The fourth-order valence-corrected chi connectivity index (χ4v) is 3.36. The molecule has 1 fully saturated rings. The molecule has 1 aliphatic rings. The summed E-state index contributed by atoms with van der Waals surface area (Å²) in [5, 5.41) is 2.57. The van der Waals surface area contributed by atoms with Crippen LogP contribution in [0.1, 0.15) is 11.7 Å². The molecule has 128 valence electrons. The number of hydrogen-bond acceptors (Lipinski definition) is 6. The third-order valence-electron chi connectivity index (χ3n) is 4.54. The first kappa shape index (κ1) is 16.5. The van der Waals surface area contributed by atoms with E-state index in [2.05, 4.69) is 0 Å². The van der Waals surface area contributed by atoms with Gasteiger partial charge in [-0.15, -0.1) is 0 Å². The van der Waals surface area contributed by atoms with E-state index in [1.54, 1.807) is 7.05 Å². The van der Waals surface area contributed by atoms with E-state index in [1.165, 1.54) is 19.3 Å². The van der Waals surface area contributed by atoms with Crippen LogP contribution in [0.5, 0.6) is 0 Å². The van der Waals surface area contributed by atoms with Crippen LogP contribution in [0.2, 0.25) is 0 Å². The minimum Gasteiger partial charge on any atom is -0.469 e. The molecule has 0 bridgehead atoms. The second-order valence-corrected chi connectivity index (χ2v) is 5.78. The number of methoxy groups -OCH3 is 2. The summed E-state index contributed by atoms with van der Waals surface area (Å²) < 4.78 is 11.7. The zero-order chi connectivity index (χ0) is 17.4. The maximum atomic E-state index is 12.4. The van der Waals surface area contributed by atoms with Gasteiger partial charge in [0.05, 0.1) is 20.3 Å². The highest BCUT2D eigenvalue weighted by Gasteiger charge is 2.52. The smallest absolute Gasteiger partial charge is 0.338 e. The molecule has 0 spiro atoms. The summed E-state index contributed by atoms with van der Waals surface area (Å²) in [6.45, 7) is 0. The van der Waals surface area contributed by atoms with Crippen LogP contribution in [0.15, 0.2) is 30.3 Å². The molecule has 1 saturated heterocycles. The van der Waals surface area contributed by atoms with Crippen molar-refractivity contribution in [1.82, 2.24) is 9.63 Å². The lowest BCUT2D eigenvalue weighted by Gasteiger charge is -2.22. The molecule has 1 aromatic heterocycles. The minimum absolute atomic E-state index is 0.459. The number of ether oxygens (including phenoxy) is 2. The van der Waals surface area contributed by atoms with Crippen LogP contribution < -0.4 is 0 Å². The number of esters is 2. The highest BCUT2D eigenvalue weighted by molar-refractivity contribution is 5.86. The van der Waals surface area contributed by atoms with E-state index in [1.807, 2.05) is 41.9 Å². The number of aryl methyl sites for hydroxylation is 1. The van der Waals surface area contributed by atoms with Gasteiger partial charge in [0.2, 0.25) is 0 Å². The van der Waals surface area contributed by atoms with Crippen molar-refractivity contribution >= 4 is 22.8 Å². The summed E-state index contributed by atoms with van der Waals surface area (Å²) >= 11 is 0. The van der Waals surface area contributed by atoms with Gasteiger partial charge < -0.3 is 14.0 Å². The molecule has 0 aliphatic carbocycles. The molecule has 7 heteroatoms. The highest BCUT2D eigenvalue weighted by Crippen LogP contribution is 2.41. The van der Waals surface area contributed by atoms with Gasteiger partial charge in [-0.1, -0.05) is 18.2 Å². The lowest BCUT2D eigenvalue weighted by Crippen LogP contribution is -2.36. The number of rotatable bonds is 3. The quantitative estimate of drug-likeness (QED) is 0.792. The van der Waals surface area contributed by atoms with Crippen molar-refractivity contribution in [2.24, 2.45) is 13.0 Å². The van der Waals surface area contributed by atoms with Gasteiger partial charge >= 0.3 is 11.9 Å². The average Bonchev–Trinajstić information content (AvgIpc) is 3.11. The van der Waals surface area contributed by atoms with Crippen LogP contribution in [0.3, 0.4) is 0 Å². The monoisotopic (exact) mass is 332 g/mol. The predicted octanol–water partition coefficient (Wildman–Crippen LogP) is 1.43. The molecule has 0 amide bonds. The third kappa shape index (κ3) is 2.46. The third-order valence-corrected chi connectivity index (χ3v) is 4.54. The Morgan fingerprint density at radius 3 is 2.38 bits per heavy atom. The molecule has 1 aromatic carbocycles. The number of hydrogen-bond donors (Lipinski definition) is 0. The molecule has 1 aliphatic heterocycles. The summed E-state index contributed by atoms with van der Waals surface area (Å²) in [5.74, 6) is -1.92. The molecule has 0 N–H and O–H groups in total. The first-order chi connectivity index (χ1) is 11.5. The number of aromatic nitrogens is 1. The van der Waals surface area contributed by atoms with Crippen molar-refractivity contribution in [2.75, 3.05) is 21.3 Å². The fraction of sp³-hybridized carbons (Fsp3) is 0.412. The van der Waals surface area contributed by atoms with E-state index in [0.29, 0.717) is 0 Å². The van der Waals surface area contributed by atoms with Crippen LogP contribution in [-0.4, -0.2) is 48.9 Å². The van der Waals surface area contributed by atoms with Crippen LogP contribution in [0.25, 0.3) is 10.9 Å².